The molecule has 0 radical (unpaired) electrons. The van der Waals surface area contributed by atoms with E-state index >= 15 is 8.78 Å². The van der Waals surface area contributed by atoms with Gasteiger partial charge in [-0.3, -0.25) is 4.79 Å². The highest BCUT2D eigenvalue weighted by molar-refractivity contribution is 6.32. The highest BCUT2D eigenvalue weighted by Gasteiger charge is 2.36. The maximum Gasteiger partial charge on any atom is 0.410 e. The number of nitrogens with one attached hydrogen (secondary N) is 3. The topological polar surface area (TPSA) is 243 Å². The summed E-state index contributed by atoms with van der Waals surface area (Å²) >= 11 is 6.19. The minimum Gasteiger partial charge on any atom is -0.444 e. The molecular formula is C65H90ClF5N12O8. The maximum atomic E-state index is 15.4. The number of carbonyl (C=O) groups is 2. The Balaban J connectivity index is 0.000000160. The van der Waals surface area contributed by atoms with Crippen molar-refractivity contribution in [3.05, 3.63) is 75.0 Å². The number of amides is 1. The molecule has 500 valence electrons. The number of aromatic nitrogens is 6. The van der Waals surface area contributed by atoms with Crippen LogP contribution in [0.5, 0.6) is 0 Å². The van der Waals surface area contributed by atoms with Gasteiger partial charge in [0.25, 0.3) is 11.8 Å². The number of ether oxygens (including phenoxy) is 4. The maximum absolute atomic E-state index is 15.4. The van der Waals surface area contributed by atoms with Gasteiger partial charge in [0.15, 0.2) is 11.6 Å². The van der Waals surface area contributed by atoms with E-state index in [1.165, 1.54) is 17.0 Å². The Bertz CT molecular complexity index is 3350. The van der Waals surface area contributed by atoms with Crippen molar-refractivity contribution < 1.29 is 59.5 Å². The Kier molecular flexibility index (Phi) is 25.8. The van der Waals surface area contributed by atoms with E-state index in [1.54, 1.807) is 34.6 Å². The van der Waals surface area contributed by atoms with E-state index in [4.69, 9.17) is 50.3 Å². The van der Waals surface area contributed by atoms with Gasteiger partial charge in [-0.2, -0.15) is 9.97 Å². The number of carbonyl (C=O) groups excluding carboxylic acids is 2. The van der Waals surface area contributed by atoms with Gasteiger partial charge >= 0.3 is 6.09 Å². The first kappa shape index (κ1) is 70.8. The van der Waals surface area contributed by atoms with Gasteiger partial charge in [0.05, 0.1) is 37.4 Å². The summed E-state index contributed by atoms with van der Waals surface area (Å²) in [6.07, 6.45) is 5.14. The molecule has 4 aromatic heterocycles. The number of pyridine rings is 2. The lowest BCUT2D eigenvalue weighted by molar-refractivity contribution is -0.124. The molecule has 0 bridgehead atoms. The lowest BCUT2D eigenvalue weighted by Gasteiger charge is -2.39. The van der Waals surface area contributed by atoms with Gasteiger partial charge in [0.1, 0.15) is 63.5 Å². The number of ketones is 1. The van der Waals surface area contributed by atoms with Crippen molar-refractivity contribution in [2.45, 2.75) is 187 Å². The molecule has 0 saturated carbocycles. The first-order valence-electron chi connectivity index (χ1n) is 31.9. The van der Waals surface area contributed by atoms with Crippen molar-refractivity contribution >= 4 is 51.1 Å². The standard InChI is InChI=1S/C25H31F2N5O2.C15H13ClFN3O.C10H19FN2O2.C10H19FN2O.C5H8O2/c1-4-16-11-18-14(2)22(25-28-15(3)31-34-25)24(30-23(18)19(26)12-16)32-8-5-21(20(27)13-32)29-17-6-9-33-10-7-17;1-4-9-5-10-7(2)12(15-18-8(3)20-21-15)14(16)19-13(10)11(17)6-9;1-10(2,3)15-9(14)13-5-4-8(12)7(11)6-13;11-9-7-12-4-1-10(9)13-8-2-5-14-6-3-8;6-5-1-3-7-4-2-5/h11-12,17,20-21,29H,4-10,13H2,1-3H3;5-6H,4H2,1-3H3;7-8H,4-6,12H2,1-3H3;8-10,12-13H,1-7H2;1-4H2/t20-,21+;;7-,8+;9-,10+;/m0.00./s1. The number of piperidine rings is 3. The van der Waals surface area contributed by atoms with Crippen molar-refractivity contribution in [1.82, 2.24) is 51.1 Å². The van der Waals surface area contributed by atoms with Crippen molar-refractivity contribution in [2.24, 2.45) is 5.73 Å². The Hall–Kier alpha value is -6.06. The van der Waals surface area contributed by atoms with Crippen molar-refractivity contribution in [3.63, 3.8) is 0 Å². The highest BCUT2D eigenvalue weighted by atomic mass is 35.5. The monoisotopic (exact) mass is 1300 g/mol. The molecule has 6 aliphatic heterocycles. The van der Waals surface area contributed by atoms with Gasteiger partial charge in [-0.05, 0) is 159 Å². The van der Waals surface area contributed by atoms with Gasteiger partial charge in [0, 0.05) is 99.9 Å². The van der Waals surface area contributed by atoms with Crippen LogP contribution in [-0.2, 0) is 36.6 Å². The van der Waals surface area contributed by atoms with E-state index in [0.717, 1.165) is 80.5 Å². The number of nitrogens with two attached hydrogens (primary N) is 1. The smallest absolute Gasteiger partial charge is 0.410 e. The molecule has 0 spiro atoms. The number of nitrogens with zero attached hydrogens (tertiary/aromatic N) is 8. The molecule has 6 saturated heterocycles. The quantitative estimate of drug-likeness (QED) is 0.0777. The van der Waals surface area contributed by atoms with Crippen LogP contribution in [0.4, 0.5) is 32.6 Å². The molecule has 0 unspecified atom stereocenters. The predicted octanol–water partition coefficient (Wildman–Crippen LogP) is 10.7. The van der Waals surface area contributed by atoms with Crippen molar-refractivity contribution in [2.75, 3.05) is 83.8 Å². The Morgan fingerprint density at radius 3 is 1.67 bits per heavy atom. The van der Waals surface area contributed by atoms with Crippen LogP contribution < -0.4 is 26.6 Å². The number of Topliss-reactive ketones (excluding diaryl/α,β-unsaturated/α-hetero) is 1. The van der Waals surface area contributed by atoms with Crippen molar-refractivity contribution in [3.8, 4) is 22.9 Å². The van der Waals surface area contributed by atoms with E-state index in [0.29, 0.717) is 141 Å². The van der Waals surface area contributed by atoms with Gasteiger partial charge in [0.2, 0.25) is 0 Å². The number of benzene rings is 2. The second-order valence-corrected chi connectivity index (χ2v) is 25.3. The first-order valence-corrected chi connectivity index (χ1v) is 32.3. The van der Waals surface area contributed by atoms with Crippen LogP contribution in [0.1, 0.15) is 126 Å². The summed E-state index contributed by atoms with van der Waals surface area (Å²) in [6.45, 7) is 23.6. The summed E-state index contributed by atoms with van der Waals surface area (Å²) in [6, 6.07) is 7.01. The summed E-state index contributed by atoms with van der Waals surface area (Å²) in [5.41, 5.74) is 10.1. The van der Waals surface area contributed by atoms with E-state index in [9.17, 15) is 22.8 Å². The van der Waals surface area contributed by atoms with Gasteiger partial charge in [-0.1, -0.05) is 35.8 Å². The van der Waals surface area contributed by atoms with Crippen LogP contribution in [0.15, 0.2) is 33.3 Å². The molecule has 12 rings (SSSR count). The van der Waals surface area contributed by atoms with Gasteiger partial charge in [-0.15, -0.1) is 0 Å². The molecule has 91 heavy (non-hydrogen) atoms. The van der Waals surface area contributed by atoms with Crippen LogP contribution >= 0.6 is 11.6 Å². The number of anilines is 1. The van der Waals surface area contributed by atoms with Gasteiger partial charge < -0.3 is 59.5 Å². The molecule has 10 heterocycles. The lowest BCUT2D eigenvalue weighted by atomic mass is 9.97. The number of halogens is 6. The van der Waals surface area contributed by atoms with E-state index in [2.05, 4.69) is 41.2 Å². The molecule has 6 aromatic rings. The second kappa shape index (κ2) is 33.2. The first-order chi connectivity index (χ1) is 43.5. The molecule has 6 atom stereocenters. The van der Waals surface area contributed by atoms with E-state index < -0.39 is 36.3 Å². The lowest BCUT2D eigenvalue weighted by Crippen LogP contribution is -2.54. The fraction of sp³-hybridized carbons (Fsp3) is 0.631. The summed E-state index contributed by atoms with van der Waals surface area (Å²) in [7, 11) is 0. The summed E-state index contributed by atoms with van der Waals surface area (Å²) in [5, 5.41) is 19.2. The van der Waals surface area contributed by atoms with Crippen LogP contribution in [0.2, 0.25) is 5.15 Å². The van der Waals surface area contributed by atoms with Gasteiger partial charge in [-0.25, -0.2) is 36.7 Å². The SMILES string of the molecule is CC(C)(C)OC(=O)N1CC[C@@H](N)[C@@H](F)C1.CCc1cc(F)c2nc(Cl)c(-c3nc(C)no3)c(C)c2c1.CCc1cc(F)c2nc(N3CC[C@@H](NC4CCOCC4)[C@@H](F)C3)c(-c3nc(C)no3)c(C)c2c1.F[C@H]1CNCC[C@H]1NC1CCOCC1.O=C1CCOCC1. The zero-order chi connectivity index (χ0) is 65.5. The normalized spacial score (nSPS) is 22.6. The number of fused-ring (bicyclic) bond motifs is 2. The number of rotatable bonds is 9. The Morgan fingerprint density at radius 2 is 1.20 bits per heavy atom. The zero-order valence-corrected chi connectivity index (χ0v) is 54.6. The summed E-state index contributed by atoms with van der Waals surface area (Å²) in [4.78, 5) is 42.7. The number of likely N-dealkylation sites (tertiary alicyclic amines) is 1. The zero-order valence-electron chi connectivity index (χ0n) is 53.9. The third-order valence-electron chi connectivity index (χ3n) is 16.8. The van der Waals surface area contributed by atoms with Crippen LogP contribution in [0.3, 0.4) is 0 Å². The highest BCUT2D eigenvalue weighted by Crippen LogP contribution is 2.39. The summed E-state index contributed by atoms with van der Waals surface area (Å²) in [5.74, 6) is 1.70. The molecule has 6 fully saturated rings. The largest absolute Gasteiger partial charge is 0.444 e. The minimum absolute atomic E-state index is 0.0378. The fourth-order valence-corrected chi connectivity index (χ4v) is 11.9. The average Bonchev–Trinajstić information content (AvgIpc) is 2.04. The number of alkyl halides is 3. The fourth-order valence-electron chi connectivity index (χ4n) is 11.6. The molecule has 1 amide bonds. The molecule has 26 heteroatoms. The molecular weight excluding hydrogens is 1210 g/mol. The van der Waals surface area contributed by atoms with Crippen LogP contribution in [0.25, 0.3) is 44.7 Å². The van der Waals surface area contributed by atoms with E-state index in [-0.39, 0.29) is 59.0 Å². The Labute approximate surface area is 534 Å². The molecule has 6 aliphatic rings. The third kappa shape index (κ3) is 19.5. The second-order valence-electron chi connectivity index (χ2n) is 24.9. The van der Waals surface area contributed by atoms with Crippen LogP contribution in [0, 0.1) is 39.3 Å². The third-order valence-corrected chi connectivity index (χ3v) is 17.1. The summed E-state index contributed by atoms with van der Waals surface area (Å²) < 4.78 is 103. The molecule has 5 N–H and O–H groups in total. The predicted molar refractivity (Wildman–Crippen MR) is 339 cm³/mol. The minimum atomic E-state index is -1.15. The Morgan fingerprint density at radius 1 is 0.681 bits per heavy atom. The van der Waals surface area contributed by atoms with E-state index in [1.807, 2.05) is 44.7 Å². The number of hydrogen-bond acceptors (Lipinski definition) is 19. The average molecular weight is 1300 g/mol. The van der Waals surface area contributed by atoms with Crippen LogP contribution in [-0.4, -0.2) is 180 Å². The molecule has 2 aromatic carbocycles. The number of hydrogen-bond donors (Lipinski definition) is 4. The molecule has 20 nitrogen and oxygen atoms in total. The molecule has 0 aliphatic carbocycles. The number of aryl methyl sites for hydroxylation is 6. The van der Waals surface area contributed by atoms with Crippen molar-refractivity contribution in [1.29, 1.82) is 0 Å².